The molecule has 0 radical (unpaired) electrons. The molecule has 100 valence electrons. The standard InChI is InChI=1S/C13H19ClN2O2/c1-3-7-16(9-13(18)15-2)8-10-11(14)5-4-6-12(10)17/h4-6,17H,3,7-9H2,1-2H3,(H,15,18). The number of hydrogen-bond acceptors (Lipinski definition) is 3. The number of phenols is 1. The summed E-state index contributed by atoms with van der Waals surface area (Å²) in [5.41, 5.74) is 0.663. The lowest BCUT2D eigenvalue weighted by Crippen LogP contribution is -2.35. The summed E-state index contributed by atoms with van der Waals surface area (Å²) in [6.45, 7) is 3.59. The van der Waals surface area contributed by atoms with Crippen LogP contribution in [0.5, 0.6) is 5.75 Å². The maximum absolute atomic E-state index is 11.4. The summed E-state index contributed by atoms with van der Waals surface area (Å²) in [5.74, 6) is 0.121. The third-order valence-electron chi connectivity index (χ3n) is 2.66. The van der Waals surface area contributed by atoms with Gasteiger partial charge >= 0.3 is 0 Å². The molecule has 1 rings (SSSR count). The van der Waals surface area contributed by atoms with Gasteiger partial charge in [-0.2, -0.15) is 0 Å². The Morgan fingerprint density at radius 3 is 2.78 bits per heavy atom. The van der Waals surface area contributed by atoms with Gasteiger partial charge in [-0.1, -0.05) is 24.6 Å². The van der Waals surface area contributed by atoms with Crippen LogP contribution in [0.25, 0.3) is 0 Å². The van der Waals surface area contributed by atoms with Crippen LogP contribution in [-0.4, -0.2) is 36.1 Å². The van der Waals surface area contributed by atoms with Crippen LogP contribution in [0.3, 0.4) is 0 Å². The van der Waals surface area contributed by atoms with E-state index in [9.17, 15) is 9.90 Å². The van der Waals surface area contributed by atoms with Crippen molar-refractivity contribution in [3.8, 4) is 5.75 Å². The lowest BCUT2D eigenvalue weighted by molar-refractivity contribution is -0.121. The number of benzene rings is 1. The number of carbonyl (C=O) groups is 1. The van der Waals surface area contributed by atoms with Crippen LogP contribution in [0, 0.1) is 0 Å². The fourth-order valence-corrected chi connectivity index (χ4v) is 1.97. The molecule has 0 atom stereocenters. The molecule has 1 aromatic rings. The first-order valence-corrected chi connectivity index (χ1v) is 6.35. The molecule has 0 spiro atoms. The lowest BCUT2D eigenvalue weighted by Gasteiger charge is -2.21. The largest absolute Gasteiger partial charge is 0.508 e. The van der Waals surface area contributed by atoms with Crippen LogP contribution in [-0.2, 0) is 11.3 Å². The van der Waals surface area contributed by atoms with Gasteiger partial charge in [0.15, 0.2) is 0 Å². The van der Waals surface area contributed by atoms with Crippen LogP contribution in [0.4, 0.5) is 0 Å². The lowest BCUT2D eigenvalue weighted by atomic mass is 10.2. The Labute approximate surface area is 113 Å². The van der Waals surface area contributed by atoms with Crippen molar-refractivity contribution in [2.75, 3.05) is 20.1 Å². The van der Waals surface area contributed by atoms with E-state index in [1.165, 1.54) is 0 Å². The van der Waals surface area contributed by atoms with Crippen molar-refractivity contribution in [2.45, 2.75) is 19.9 Å². The summed E-state index contributed by atoms with van der Waals surface area (Å²) in [5, 5.41) is 12.9. The molecule has 0 aliphatic rings. The predicted octanol–water partition coefficient (Wildman–Crippen LogP) is 2.00. The van der Waals surface area contributed by atoms with Crippen molar-refractivity contribution in [1.82, 2.24) is 10.2 Å². The van der Waals surface area contributed by atoms with Gasteiger partial charge in [0, 0.05) is 24.2 Å². The molecule has 0 bridgehead atoms. The van der Waals surface area contributed by atoms with Crippen LogP contribution in [0.15, 0.2) is 18.2 Å². The number of carbonyl (C=O) groups excluding carboxylic acids is 1. The summed E-state index contributed by atoms with van der Waals surface area (Å²) in [7, 11) is 1.61. The molecule has 0 aliphatic carbocycles. The first kappa shape index (κ1) is 14.8. The second-order valence-corrected chi connectivity index (χ2v) is 4.53. The normalized spacial score (nSPS) is 10.7. The highest BCUT2D eigenvalue weighted by molar-refractivity contribution is 6.31. The van der Waals surface area contributed by atoms with Gasteiger partial charge in [-0.15, -0.1) is 0 Å². The highest BCUT2D eigenvalue weighted by Gasteiger charge is 2.13. The number of phenolic OH excluding ortho intramolecular Hbond substituents is 1. The molecule has 1 aromatic carbocycles. The minimum atomic E-state index is -0.0463. The SMILES string of the molecule is CCCN(CC(=O)NC)Cc1c(O)cccc1Cl. The van der Waals surface area contributed by atoms with Gasteiger partial charge in [-0.3, -0.25) is 9.69 Å². The molecule has 2 N–H and O–H groups in total. The number of likely N-dealkylation sites (N-methyl/N-ethyl adjacent to an activating group) is 1. The fraction of sp³-hybridized carbons (Fsp3) is 0.462. The van der Waals surface area contributed by atoms with Crippen LogP contribution in [0.1, 0.15) is 18.9 Å². The second-order valence-electron chi connectivity index (χ2n) is 4.12. The zero-order valence-electron chi connectivity index (χ0n) is 10.7. The van der Waals surface area contributed by atoms with E-state index in [4.69, 9.17) is 11.6 Å². The average Bonchev–Trinajstić information content (AvgIpc) is 2.34. The van der Waals surface area contributed by atoms with E-state index in [1.54, 1.807) is 25.2 Å². The van der Waals surface area contributed by atoms with E-state index in [2.05, 4.69) is 5.32 Å². The maximum Gasteiger partial charge on any atom is 0.233 e. The number of amides is 1. The maximum atomic E-state index is 11.4. The minimum Gasteiger partial charge on any atom is -0.508 e. The molecular formula is C13H19ClN2O2. The van der Waals surface area contributed by atoms with E-state index in [0.717, 1.165) is 13.0 Å². The second kappa shape index (κ2) is 7.24. The Morgan fingerprint density at radius 2 is 2.22 bits per heavy atom. The van der Waals surface area contributed by atoms with Crippen molar-refractivity contribution in [1.29, 1.82) is 0 Å². The molecule has 4 nitrogen and oxygen atoms in total. The number of hydrogen-bond donors (Lipinski definition) is 2. The number of rotatable bonds is 6. The summed E-state index contributed by atoms with van der Waals surface area (Å²) >= 11 is 6.06. The number of aromatic hydroxyl groups is 1. The first-order chi connectivity index (χ1) is 8.58. The molecule has 0 saturated carbocycles. The third kappa shape index (κ3) is 4.20. The van der Waals surface area contributed by atoms with E-state index in [-0.39, 0.29) is 11.7 Å². The third-order valence-corrected chi connectivity index (χ3v) is 3.02. The molecule has 0 aliphatic heterocycles. The summed E-state index contributed by atoms with van der Waals surface area (Å²) in [4.78, 5) is 13.4. The highest BCUT2D eigenvalue weighted by Crippen LogP contribution is 2.26. The zero-order chi connectivity index (χ0) is 13.5. The number of nitrogens with one attached hydrogen (secondary N) is 1. The van der Waals surface area contributed by atoms with E-state index in [1.807, 2.05) is 11.8 Å². The van der Waals surface area contributed by atoms with Gasteiger partial charge in [-0.25, -0.2) is 0 Å². The fourth-order valence-electron chi connectivity index (χ4n) is 1.74. The van der Waals surface area contributed by atoms with Crippen molar-refractivity contribution in [2.24, 2.45) is 0 Å². The number of halogens is 1. The van der Waals surface area contributed by atoms with Gasteiger partial charge in [0.2, 0.25) is 5.91 Å². The Kier molecular flexibility index (Phi) is 5.95. The van der Waals surface area contributed by atoms with E-state index < -0.39 is 0 Å². The van der Waals surface area contributed by atoms with Crippen molar-refractivity contribution in [3.63, 3.8) is 0 Å². The van der Waals surface area contributed by atoms with Crippen LogP contribution < -0.4 is 5.32 Å². The Hall–Kier alpha value is -1.26. The van der Waals surface area contributed by atoms with Gasteiger partial charge in [0.25, 0.3) is 0 Å². The van der Waals surface area contributed by atoms with Gasteiger partial charge in [-0.05, 0) is 25.1 Å². The van der Waals surface area contributed by atoms with Gasteiger partial charge in [0.05, 0.1) is 6.54 Å². The number of nitrogens with zero attached hydrogens (tertiary/aromatic N) is 1. The molecule has 0 fully saturated rings. The highest BCUT2D eigenvalue weighted by atomic mass is 35.5. The molecule has 0 unspecified atom stereocenters. The van der Waals surface area contributed by atoms with Crippen molar-refractivity contribution < 1.29 is 9.90 Å². The molecule has 1 amide bonds. The summed E-state index contributed by atoms with van der Waals surface area (Å²) < 4.78 is 0. The average molecular weight is 271 g/mol. The summed E-state index contributed by atoms with van der Waals surface area (Å²) in [6, 6.07) is 5.04. The Bertz CT molecular complexity index is 390. The van der Waals surface area contributed by atoms with Crippen LogP contribution in [0.2, 0.25) is 5.02 Å². The van der Waals surface area contributed by atoms with Gasteiger partial charge in [0.1, 0.15) is 5.75 Å². The van der Waals surface area contributed by atoms with Crippen molar-refractivity contribution in [3.05, 3.63) is 28.8 Å². The van der Waals surface area contributed by atoms with Crippen LogP contribution >= 0.6 is 11.6 Å². The predicted molar refractivity (Wildman–Crippen MR) is 72.8 cm³/mol. The minimum absolute atomic E-state index is 0.0463. The van der Waals surface area contributed by atoms with E-state index >= 15 is 0 Å². The molecule has 0 heterocycles. The smallest absolute Gasteiger partial charge is 0.233 e. The zero-order valence-corrected chi connectivity index (χ0v) is 11.5. The van der Waals surface area contributed by atoms with Crippen molar-refractivity contribution >= 4 is 17.5 Å². The quantitative estimate of drug-likeness (QED) is 0.831. The molecule has 0 saturated heterocycles. The van der Waals surface area contributed by atoms with Gasteiger partial charge < -0.3 is 10.4 Å². The molecule has 18 heavy (non-hydrogen) atoms. The first-order valence-electron chi connectivity index (χ1n) is 5.97. The molecule has 5 heteroatoms. The summed E-state index contributed by atoms with van der Waals surface area (Å²) in [6.07, 6.45) is 0.933. The molecule has 0 aromatic heterocycles. The Morgan fingerprint density at radius 1 is 1.50 bits per heavy atom. The Balaban J connectivity index is 2.79. The monoisotopic (exact) mass is 270 g/mol. The molecular weight excluding hydrogens is 252 g/mol. The van der Waals surface area contributed by atoms with E-state index in [0.29, 0.717) is 23.7 Å². The topological polar surface area (TPSA) is 52.6 Å².